The number of ether oxygens (including phenoxy) is 1. The summed E-state index contributed by atoms with van der Waals surface area (Å²) in [5.41, 5.74) is 1.88. The number of hydrogen-bond donors (Lipinski definition) is 3. The maximum atomic E-state index is 14.4. The summed E-state index contributed by atoms with van der Waals surface area (Å²) in [7, 11) is 1.74. The van der Waals surface area contributed by atoms with Crippen molar-refractivity contribution in [2.75, 3.05) is 36.9 Å². The fourth-order valence-corrected chi connectivity index (χ4v) is 4.47. The lowest BCUT2D eigenvalue weighted by molar-refractivity contribution is 0.297. The second-order valence-corrected chi connectivity index (χ2v) is 7.93. The van der Waals surface area contributed by atoms with Crippen molar-refractivity contribution in [2.45, 2.75) is 6.04 Å². The largest absolute Gasteiger partial charge is 0.422 e. The molecule has 3 aromatic heterocycles. The van der Waals surface area contributed by atoms with Crippen LogP contribution in [0, 0.1) is 17.6 Å². The predicted molar refractivity (Wildman–Crippen MR) is 113 cm³/mol. The zero-order valence-corrected chi connectivity index (χ0v) is 16.6. The van der Waals surface area contributed by atoms with Gasteiger partial charge in [-0.25, -0.2) is 8.78 Å². The second kappa shape index (κ2) is 6.74. The van der Waals surface area contributed by atoms with Crippen molar-refractivity contribution in [3.05, 3.63) is 42.2 Å². The molecule has 4 aromatic rings. The van der Waals surface area contributed by atoms with Crippen LogP contribution in [0.15, 0.2) is 30.6 Å². The van der Waals surface area contributed by atoms with Gasteiger partial charge < -0.3 is 25.3 Å². The summed E-state index contributed by atoms with van der Waals surface area (Å²) in [5.74, 6) is 0.557. The minimum absolute atomic E-state index is 0.0696. The van der Waals surface area contributed by atoms with E-state index in [-0.39, 0.29) is 17.6 Å². The fraction of sp³-hybridized carbons (Fsp3) is 0.286. The number of anilines is 2. The Hall–Kier alpha value is -3.53. The quantitative estimate of drug-likeness (QED) is 0.465. The molecule has 2 saturated heterocycles. The van der Waals surface area contributed by atoms with Gasteiger partial charge in [-0.2, -0.15) is 9.97 Å². The van der Waals surface area contributed by atoms with Gasteiger partial charge in [0.1, 0.15) is 23.1 Å². The van der Waals surface area contributed by atoms with Crippen LogP contribution in [0.2, 0.25) is 0 Å². The number of rotatable bonds is 4. The number of aromatic amines is 1. The lowest BCUT2D eigenvalue weighted by Gasteiger charge is -2.29. The van der Waals surface area contributed by atoms with Crippen LogP contribution < -0.4 is 20.3 Å². The number of hydrogen-bond acceptors (Lipinski definition) is 7. The maximum Gasteiger partial charge on any atom is 0.326 e. The SMILES string of the molecule is CNc1cc(F)cc2c1[nH]c1nc(Oc3cncc(F)c3)nc(N3CC4CNC4C3)c12. The van der Waals surface area contributed by atoms with Crippen molar-refractivity contribution in [1.29, 1.82) is 0 Å². The summed E-state index contributed by atoms with van der Waals surface area (Å²) in [6.07, 6.45) is 2.50. The molecule has 2 aliphatic heterocycles. The van der Waals surface area contributed by atoms with Crippen molar-refractivity contribution in [3.63, 3.8) is 0 Å². The van der Waals surface area contributed by atoms with Crippen LogP contribution >= 0.6 is 0 Å². The summed E-state index contributed by atoms with van der Waals surface area (Å²) in [5, 5.41) is 7.88. The topological polar surface area (TPSA) is 91.0 Å². The number of nitrogens with one attached hydrogen (secondary N) is 3. The molecule has 8 nitrogen and oxygen atoms in total. The molecule has 0 saturated carbocycles. The molecule has 2 atom stereocenters. The Morgan fingerprint density at radius 1 is 1.13 bits per heavy atom. The van der Waals surface area contributed by atoms with Crippen molar-refractivity contribution in [2.24, 2.45) is 5.92 Å². The van der Waals surface area contributed by atoms with Gasteiger partial charge in [0, 0.05) is 50.1 Å². The van der Waals surface area contributed by atoms with Gasteiger partial charge in [-0.1, -0.05) is 0 Å². The highest BCUT2D eigenvalue weighted by Gasteiger charge is 2.40. The molecular weight excluding hydrogens is 404 g/mol. The Bertz CT molecular complexity index is 1310. The summed E-state index contributed by atoms with van der Waals surface area (Å²) >= 11 is 0. The van der Waals surface area contributed by atoms with Crippen LogP contribution in [0.25, 0.3) is 21.9 Å². The van der Waals surface area contributed by atoms with Crippen LogP contribution in [0.4, 0.5) is 20.3 Å². The Morgan fingerprint density at radius 3 is 2.74 bits per heavy atom. The van der Waals surface area contributed by atoms with Crippen molar-refractivity contribution < 1.29 is 13.5 Å². The molecule has 10 heteroatoms. The van der Waals surface area contributed by atoms with Gasteiger partial charge in [0.05, 0.1) is 29.0 Å². The third kappa shape index (κ3) is 2.94. The van der Waals surface area contributed by atoms with Crippen molar-refractivity contribution in [3.8, 4) is 11.8 Å². The third-order valence-electron chi connectivity index (χ3n) is 6.03. The van der Waals surface area contributed by atoms with E-state index < -0.39 is 5.82 Å². The van der Waals surface area contributed by atoms with E-state index in [0.717, 1.165) is 36.7 Å². The summed E-state index contributed by atoms with van der Waals surface area (Å²) in [6, 6.07) is 4.62. The molecule has 0 aliphatic carbocycles. The molecule has 31 heavy (non-hydrogen) atoms. The molecule has 0 amide bonds. The van der Waals surface area contributed by atoms with E-state index in [1.165, 1.54) is 24.4 Å². The summed E-state index contributed by atoms with van der Waals surface area (Å²) < 4.78 is 33.6. The van der Waals surface area contributed by atoms with E-state index >= 15 is 0 Å². The molecule has 2 aliphatic rings. The highest BCUT2D eigenvalue weighted by molar-refractivity contribution is 6.14. The van der Waals surface area contributed by atoms with Crippen LogP contribution in [0.1, 0.15) is 0 Å². The standard InChI is InChI=1S/C21H19F2N7O/c1-24-15-4-11(22)3-14-17-19(27-18(14)15)28-21(31-13-2-12(23)6-25-7-13)29-20(17)30-8-10-5-26-16(10)9-30/h2-4,6-7,10,16,24,26H,5,8-9H2,1H3,(H,27,28,29). The molecule has 3 N–H and O–H groups in total. The van der Waals surface area contributed by atoms with E-state index in [1.807, 2.05) is 0 Å². The molecule has 0 radical (unpaired) electrons. The third-order valence-corrected chi connectivity index (χ3v) is 6.03. The molecule has 0 bridgehead atoms. The van der Waals surface area contributed by atoms with Crippen LogP contribution in [0.5, 0.6) is 11.8 Å². The minimum atomic E-state index is -0.513. The van der Waals surface area contributed by atoms with E-state index in [1.54, 1.807) is 7.05 Å². The van der Waals surface area contributed by atoms with Crippen LogP contribution in [-0.2, 0) is 0 Å². The fourth-order valence-electron chi connectivity index (χ4n) is 4.47. The van der Waals surface area contributed by atoms with Crippen molar-refractivity contribution >= 4 is 33.4 Å². The van der Waals surface area contributed by atoms with Gasteiger partial charge in [0.2, 0.25) is 0 Å². The van der Waals surface area contributed by atoms with E-state index in [9.17, 15) is 8.78 Å². The van der Waals surface area contributed by atoms with Gasteiger partial charge in [0.15, 0.2) is 5.75 Å². The Balaban J connectivity index is 1.55. The average molecular weight is 423 g/mol. The van der Waals surface area contributed by atoms with Crippen LogP contribution in [-0.4, -0.2) is 52.7 Å². The Kier molecular flexibility index (Phi) is 3.97. The second-order valence-electron chi connectivity index (χ2n) is 7.93. The first-order valence-electron chi connectivity index (χ1n) is 10.1. The summed E-state index contributed by atoms with van der Waals surface area (Å²) in [4.78, 5) is 18.4. The highest BCUT2D eigenvalue weighted by atomic mass is 19.1. The van der Waals surface area contributed by atoms with Gasteiger partial charge in [-0.15, -0.1) is 0 Å². The Morgan fingerprint density at radius 2 is 2.03 bits per heavy atom. The number of benzene rings is 1. The molecule has 1 aromatic carbocycles. The van der Waals surface area contributed by atoms with E-state index in [2.05, 4.69) is 35.5 Å². The highest BCUT2D eigenvalue weighted by Crippen LogP contribution is 2.39. The lowest BCUT2D eigenvalue weighted by atomic mass is 9.96. The van der Waals surface area contributed by atoms with Gasteiger partial charge in [-0.05, 0) is 12.1 Å². The van der Waals surface area contributed by atoms with Gasteiger partial charge in [-0.3, -0.25) is 4.98 Å². The average Bonchev–Trinajstić information content (AvgIpc) is 3.24. The first-order chi connectivity index (χ1) is 15.1. The molecule has 158 valence electrons. The molecule has 0 spiro atoms. The van der Waals surface area contributed by atoms with Gasteiger partial charge >= 0.3 is 6.01 Å². The molecular formula is C21H19F2N7O. The first kappa shape index (κ1) is 18.3. The maximum absolute atomic E-state index is 14.4. The van der Waals surface area contributed by atoms with Gasteiger partial charge in [0.25, 0.3) is 0 Å². The number of H-pyrrole nitrogens is 1. The number of halogens is 2. The number of fused-ring (bicyclic) bond motifs is 4. The van der Waals surface area contributed by atoms with E-state index in [4.69, 9.17) is 4.74 Å². The molecule has 2 unspecified atom stereocenters. The van der Waals surface area contributed by atoms with Crippen LogP contribution in [0.3, 0.4) is 0 Å². The number of nitrogens with zero attached hydrogens (tertiary/aromatic N) is 4. The predicted octanol–water partition coefficient (Wildman–Crippen LogP) is 3.03. The number of aromatic nitrogens is 4. The first-order valence-corrected chi connectivity index (χ1v) is 10.1. The zero-order chi connectivity index (χ0) is 21.1. The lowest BCUT2D eigenvalue weighted by Crippen LogP contribution is -2.51. The molecule has 2 fully saturated rings. The Labute approximate surface area is 175 Å². The normalized spacial score (nSPS) is 20.2. The zero-order valence-electron chi connectivity index (χ0n) is 16.6. The van der Waals surface area contributed by atoms with E-state index in [0.29, 0.717) is 34.5 Å². The number of pyridine rings is 1. The minimum Gasteiger partial charge on any atom is -0.422 e. The molecule has 6 rings (SSSR count). The van der Waals surface area contributed by atoms with Crippen molar-refractivity contribution in [1.82, 2.24) is 25.3 Å². The summed E-state index contributed by atoms with van der Waals surface area (Å²) in [6.45, 7) is 2.60. The monoisotopic (exact) mass is 423 g/mol. The smallest absolute Gasteiger partial charge is 0.326 e. The molecule has 5 heterocycles.